The molecule has 7 rings (SSSR count). The van der Waals surface area contributed by atoms with Gasteiger partial charge in [0.2, 0.25) is 0 Å². The number of fused-ring (bicyclic) bond motifs is 9. The van der Waals surface area contributed by atoms with Crippen LogP contribution in [-0.2, 0) is 0 Å². The van der Waals surface area contributed by atoms with Crippen LogP contribution in [0.1, 0.15) is 11.1 Å². The van der Waals surface area contributed by atoms with Crippen LogP contribution in [0.3, 0.4) is 0 Å². The number of nitrogens with zero attached hydrogens (tertiary/aromatic N) is 3. The fourth-order valence-electron chi connectivity index (χ4n) is 4.98. The van der Waals surface area contributed by atoms with Crippen LogP contribution in [-0.4, -0.2) is 12.0 Å². The molecule has 4 aromatic carbocycles. The van der Waals surface area contributed by atoms with Crippen molar-refractivity contribution in [1.82, 2.24) is 4.98 Å². The minimum atomic E-state index is 0.968. The maximum Gasteiger partial charge on any atom is 0.0990 e. The van der Waals surface area contributed by atoms with Gasteiger partial charge in [-0.05, 0) is 54.5 Å². The van der Waals surface area contributed by atoms with E-state index in [-0.39, 0.29) is 0 Å². The molecule has 0 atom stereocenters. The lowest BCUT2D eigenvalue weighted by molar-refractivity contribution is 1.13. The molecule has 1 N–H and O–H groups in total. The Kier molecular flexibility index (Phi) is 3.37. The number of anilines is 4. The van der Waals surface area contributed by atoms with E-state index in [1.165, 1.54) is 11.1 Å². The van der Waals surface area contributed by atoms with Gasteiger partial charge in [0.25, 0.3) is 0 Å². The van der Waals surface area contributed by atoms with Gasteiger partial charge in [0.15, 0.2) is 0 Å². The molecule has 0 saturated heterocycles. The lowest BCUT2D eigenvalue weighted by atomic mass is 9.98. The smallest absolute Gasteiger partial charge is 0.0990 e. The molecule has 4 nitrogen and oxygen atoms in total. The molecule has 0 bridgehead atoms. The summed E-state index contributed by atoms with van der Waals surface area (Å²) in [7, 11) is 2.13. The molecule has 0 amide bonds. The summed E-state index contributed by atoms with van der Waals surface area (Å²) in [6.07, 6.45) is 2.26. The van der Waals surface area contributed by atoms with Crippen molar-refractivity contribution >= 4 is 56.3 Å². The number of para-hydroxylation sites is 3. The predicted molar refractivity (Wildman–Crippen MR) is 132 cm³/mol. The lowest BCUT2D eigenvalue weighted by Crippen LogP contribution is -2.30. The van der Waals surface area contributed by atoms with E-state index in [2.05, 4.69) is 90.9 Å². The second-order valence-corrected chi connectivity index (χ2v) is 8.58. The van der Waals surface area contributed by atoms with Crippen molar-refractivity contribution in [3.05, 3.63) is 94.5 Å². The third-order valence-electron chi connectivity index (χ3n) is 6.54. The van der Waals surface area contributed by atoms with Crippen LogP contribution >= 0.6 is 0 Å². The van der Waals surface area contributed by atoms with E-state index < -0.39 is 0 Å². The van der Waals surface area contributed by atoms with Crippen LogP contribution < -0.4 is 20.8 Å². The SMILES string of the molecule is Cc1ccc2c(c1)Nc1c3c(c4cc5ccccc5nc4c1=C2)=Nc1ccccc1N3C. The van der Waals surface area contributed by atoms with Gasteiger partial charge in [-0.25, -0.2) is 9.98 Å². The van der Waals surface area contributed by atoms with Crippen LogP contribution in [0.15, 0.2) is 77.8 Å². The molecular formula is C28H20N4. The topological polar surface area (TPSA) is 40.5 Å². The molecule has 0 radical (unpaired) electrons. The third kappa shape index (κ3) is 2.32. The number of hydrogen-bond acceptors (Lipinski definition) is 4. The van der Waals surface area contributed by atoms with Crippen molar-refractivity contribution in [2.45, 2.75) is 6.92 Å². The highest BCUT2D eigenvalue weighted by Crippen LogP contribution is 2.40. The van der Waals surface area contributed by atoms with E-state index >= 15 is 0 Å². The molecule has 1 aromatic heterocycles. The largest absolute Gasteiger partial charge is 0.353 e. The number of aryl methyl sites for hydroxylation is 1. The van der Waals surface area contributed by atoms with Crippen LogP contribution in [0, 0.1) is 6.92 Å². The highest BCUT2D eigenvalue weighted by molar-refractivity contribution is 6.02. The number of rotatable bonds is 0. The molecule has 0 fully saturated rings. The number of nitrogens with one attached hydrogen (secondary N) is 1. The van der Waals surface area contributed by atoms with Gasteiger partial charge in [-0.3, -0.25) is 0 Å². The molecule has 32 heavy (non-hydrogen) atoms. The van der Waals surface area contributed by atoms with E-state index in [4.69, 9.17) is 9.98 Å². The van der Waals surface area contributed by atoms with Crippen LogP contribution in [0.25, 0.3) is 27.9 Å². The molecule has 0 unspecified atom stereocenters. The van der Waals surface area contributed by atoms with E-state index in [0.29, 0.717) is 0 Å². The first-order chi connectivity index (χ1) is 15.7. The highest BCUT2D eigenvalue weighted by atomic mass is 15.2. The molecular weight excluding hydrogens is 392 g/mol. The monoisotopic (exact) mass is 412 g/mol. The van der Waals surface area contributed by atoms with E-state index in [0.717, 1.165) is 60.8 Å². The summed E-state index contributed by atoms with van der Waals surface area (Å²) >= 11 is 0. The van der Waals surface area contributed by atoms with Crippen molar-refractivity contribution in [2.24, 2.45) is 4.99 Å². The van der Waals surface area contributed by atoms with E-state index in [1.807, 2.05) is 12.1 Å². The molecule has 0 aliphatic carbocycles. The molecule has 3 heterocycles. The molecule has 0 spiro atoms. The fourth-order valence-corrected chi connectivity index (χ4v) is 4.98. The van der Waals surface area contributed by atoms with Gasteiger partial charge in [-0.1, -0.05) is 42.5 Å². The first kappa shape index (κ1) is 17.5. The molecule has 2 aliphatic rings. The summed E-state index contributed by atoms with van der Waals surface area (Å²) in [5.41, 5.74) is 9.74. The Hall–Kier alpha value is -4.18. The number of aromatic nitrogens is 1. The summed E-state index contributed by atoms with van der Waals surface area (Å²) in [5, 5.41) is 8.02. The van der Waals surface area contributed by atoms with Gasteiger partial charge < -0.3 is 10.2 Å². The zero-order valence-corrected chi connectivity index (χ0v) is 17.8. The van der Waals surface area contributed by atoms with Gasteiger partial charge in [-0.2, -0.15) is 0 Å². The highest BCUT2D eigenvalue weighted by Gasteiger charge is 2.25. The molecule has 5 aromatic rings. The summed E-state index contributed by atoms with van der Waals surface area (Å²) in [6.45, 7) is 2.12. The quantitative estimate of drug-likeness (QED) is 0.330. The summed E-state index contributed by atoms with van der Waals surface area (Å²) in [4.78, 5) is 12.5. The third-order valence-corrected chi connectivity index (χ3v) is 6.54. The first-order valence-electron chi connectivity index (χ1n) is 10.8. The summed E-state index contributed by atoms with van der Waals surface area (Å²) < 4.78 is 0. The Morgan fingerprint density at radius 1 is 0.906 bits per heavy atom. The zero-order valence-electron chi connectivity index (χ0n) is 17.8. The maximum absolute atomic E-state index is 5.14. The van der Waals surface area contributed by atoms with Crippen molar-refractivity contribution in [3.63, 3.8) is 0 Å². The number of hydrogen-bond donors (Lipinski definition) is 1. The molecule has 2 aliphatic heterocycles. The number of pyridine rings is 1. The van der Waals surface area contributed by atoms with E-state index in [9.17, 15) is 0 Å². The molecule has 152 valence electrons. The maximum atomic E-state index is 5.14. The van der Waals surface area contributed by atoms with Gasteiger partial charge >= 0.3 is 0 Å². The number of benzene rings is 4. The second kappa shape index (κ2) is 6.17. The Morgan fingerprint density at radius 3 is 2.69 bits per heavy atom. The summed E-state index contributed by atoms with van der Waals surface area (Å²) in [6, 6.07) is 25.4. The predicted octanol–water partition coefficient (Wildman–Crippen LogP) is 5.61. The Bertz CT molecular complexity index is 1730. The second-order valence-electron chi connectivity index (χ2n) is 8.58. The van der Waals surface area contributed by atoms with E-state index in [1.54, 1.807) is 0 Å². The minimum Gasteiger partial charge on any atom is -0.353 e. The van der Waals surface area contributed by atoms with Crippen molar-refractivity contribution < 1.29 is 0 Å². The molecule has 4 heteroatoms. The van der Waals surface area contributed by atoms with Gasteiger partial charge in [-0.15, -0.1) is 0 Å². The van der Waals surface area contributed by atoms with Gasteiger partial charge in [0.1, 0.15) is 0 Å². The zero-order chi connectivity index (χ0) is 21.4. The average molecular weight is 412 g/mol. The first-order valence-corrected chi connectivity index (χ1v) is 10.8. The van der Waals surface area contributed by atoms with Crippen LogP contribution in [0.5, 0.6) is 0 Å². The minimum absolute atomic E-state index is 0.968. The molecule has 0 saturated carbocycles. The normalized spacial score (nSPS) is 13.4. The Labute approximate surface area is 185 Å². The van der Waals surface area contributed by atoms with Crippen molar-refractivity contribution in [3.8, 4) is 0 Å². The fraction of sp³-hybridized carbons (Fsp3) is 0.0714. The Balaban J connectivity index is 1.72. The van der Waals surface area contributed by atoms with Crippen molar-refractivity contribution in [2.75, 3.05) is 17.3 Å². The van der Waals surface area contributed by atoms with Crippen LogP contribution in [0.4, 0.5) is 28.4 Å². The van der Waals surface area contributed by atoms with Crippen molar-refractivity contribution in [1.29, 1.82) is 0 Å². The standard InChI is InChI=1S/C28H20N4/c1-16-11-12-18-15-20-25-19(14-17-7-3-4-8-21(17)29-25)26-28(27(20)31-23(18)13-16)32(2)24-10-6-5-9-22(24)30-26/h3-15,31H,1-2H3. The summed E-state index contributed by atoms with van der Waals surface area (Å²) in [5.74, 6) is 0. The Morgan fingerprint density at radius 2 is 1.75 bits per heavy atom. The van der Waals surface area contributed by atoms with Crippen LogP contribution in [0.2, 0.25) is 0 Å². The van der Waals surface area contributed by atoms with Gasteiger partial charge in [0.05, 0.1) is 39.1 Å². The van der Waals surface area contributed by atoms with Gasteiger partial charge in [0, 0.05) is 28.7 Å². The lowest BCUT2D eigenvalue weighted by Gasteiger charge is -2.30. The average Bonchev–Trinajstić information content (AvgIpc) is 2.82.